The van der Waals surface area contributed by atoms with Crippen molar-refractivity contribution in [1.82, 2.24) is 0 Å². The fraction of sp³-hybridized carbons (Fsp3) is 0.182. The molecule has 0 fully saturated rings. The molecule has 1 aromatic rings. The Morgan fingerprint density at radius 1 is 1.11 bits per heavy atom. The minimum atomic E-state index is -1.55. The van der Waals surface area contributed by atoms with Crippen molar-refractivity contribution >= 4 is 17.7 Å². The van der Waals surface area contributed by atoms with Crippen LogP contribution < -0.4 is 0 Å². The quantitative estimate of drug-likeness (QED) is 0.351. The minimum absolute atomic E-state index is 0.150. The van der Waals surface area contributed by atoms with Crippen LogP contribution in [0, 0.1) is 24.4 Å². The number of Topliss-reactive ketones (excluding diaryl/α,β-unsaturated/α-hetero) is 1. The van der Waals surface area contributed by atoms with Gasteiger partial charge in [-0.05, 0) is 6.92 Å². The van der Waals surface area contributed by atoms with Gasteiger partial charge in [-0.2, -0.15) is 0 Å². The second kappa shape index (κ2) is 4.99. The predicted molar refractivity (Wildman–Crippen MR) is 52.2 cm³/mol. The summed E-state index contributed by atoms with van der Waals surface area (Å²) in [4.78, 5) is 32.7. The van der Waals surface area contributed by atoms with E-state index in [1.807, 2.05) is 0 Å². The van der Waals surface area contributed by atoms with Gasteiger partial charge < -0.3 is 4.74 Å². The number of ketones is 1. The molecule has 0 saturated heterocycles. The number of benzene rings is 1. The van der Waals surface area contributed by atoms with Gasteiger partial charge in [0.25, 0.3) is 0 Å². The molecule has 0 spiro atoms. The fourth-order valence-electron chi connectivity index (χ4n) is 1.17. The van der Waals surface area contributed by atoms with Gasteiger partial charge in [-0.1, -0.05) is 0 Å². The fourth-order valence-corrected chi connectivity index (χ4v) is 1.17. The highest BCUT2D eigenvalue weighted by Crippen LogP contribution is 2.20. The van der Waals surface area contributed by atoms with E-state index in [1.165, 1.54) is 0 Å². The highest BCUT2D eigenvalue weighted by Gasteiger charge is 2.25. The van der Waals surface area contributed by atoms with E-state index >= 15 is 0 Å². The molecule has 0 radical (unpaired) electrons. The van der Waals surface area contributed by atoms with Gasteiger partial charge in [0.2, 0.25) is 5.78 Å². The number of carbonyl (C=O) groups is 3. The maximum Gasteiger partial charge on any atom is 0.382 e. The van der Waals surface area contributed by atoms with Crippen LogP contribution in [0.1, 0.15) is 22.8 Å². The molecule has 0 atom stereocenters. The molecule has 0 saturated carbocycles. The van der Waals surface area contributed by atoms with E-state index in [1.54, 1.807) is 0 Å². The predicted octanol–water partition coefficient (Wildman–Crippen LogP) is 1.68. The summed E-state index contributed by atoms with van der Waals surface area (Å²) in [5.41, 5.74) is -1.57. The van der Waals surface area contributed by atoms with Crippen LogP contribution in [0.15, 0.2) is 6.07 Å². The van der Waals surface area contributed by atoms with Crippen molar-refractivity contribution in [2.75, 3.05) is 0 Å². The molecule has 0 aromatic heterocycles. The Kier molecular flexibility index (Phi) is 3.85. The van der Waals surface area contributed by atoms with E-state index in [4.69, 9.17) is 0 Å². The van der Waals surface area contributed by atoms with Crippen molar-refractivity contribution < 1.29 is 32.3 Å². The first kappa shape index (κ1) is 13.9. The third-order valence-electron chi connectivity index (χ3n) is 2.08. The number of ether oxygens (including phenoxy) is 1. The van der Waals surface area contributed by atoms with Crippen LogP contribution in [-0.2, 0) is 14.3 Å². The SMILES string of the molecule is CC(=O)C(=O)OC(=O)c1c(F)cc(F)c(F)c1C. The first-order valence-corrected chi connectivity index (χ1v) is 4.66. The number of esters is 2. The highest BCUT2D eigenvalue weighted by atomic mass is 19.2. The average molecular weight is 260 g/mol. The van der Waals surface area contributed by atoms with Crippen molar-refractivity contribution in [2.24, 2.45) is 0 Å². The van der Waals surface area contributed by atoms with Crippen LogP contribution in [-0.4, -0.2) is 17.7 Å². The van der Waals surface area contributed by atoms with Gasteiger partial charge in [-0.3, -0.25) is 4.79 Å². The maximum absolute atomic E-state index is 13.3. The number of hydrogen-bond acceptors (Lipinski definition) is 4. The van der Waals surface area contributed by atoms with Gasteiger partial charge >= 0.3 is 11.9 Å². The van der Waals surface area contributed by atoms with Crippen LogP contribution in [0.5, 0.6) is 0 Å². The zero-order chi connectivity index (χ0) is 14.0. The Morgan fingerprint density at radius 3 is 2.17 bits per heavy atom. The van der Waals surface area contributed by atoms with E-state index in [2.05, 4.69) is 4.74 Å². The molecule has 1 aromatic carbocycles. The summed E-state index contributed by atoms with van der Waals surface area (Å²) in [5.74, 6) is -8.43. The Hall–Kier alpha value is -2.18. The Balaban J connectivity index is 3.18. The molecule has 0 amide bonds. The smallest absolute Gasteiger partial charge is 0.382 e. The lowest BCUT2D eigenvalue weighted by Gasteiger charge is -2.07. The Morgan fingerprint density at radius 2 is 1.67 bits per heavy atom. The van der Waals surface area contributed by atoms with Gasteiger partial charge in [0.15, 0.2) is 11.6 Å². The summed E-state index contributed by atoms with van der Waals surface area (Å²) in [6, 6.07) is 0.150. The minimum Gasteiger partial charge on any atom is -0.383 e. The first-order chi connectivity index (χ1) is 8.25. The highest BCUT2D eigenvalue weighted by molar-refractivity contribution is 6.34. The van der Waals surface area contributed by atoms with Crippen molar-refractivity contribution in [1.29, 1.82) is 0 Å². The standard InChI is InChI=1S/C11H7F3O4/c1-4-8(6(12)3-7(13)9(4)14)11(17)18-10(16)5(2)15/h3H,1-2H3. The molecule has 0 unspecified atom stereocenters. The first-order valence-electron chi connectivity index (χ1n) is 4.66. The number of hydrogen-bond donors (Lipinski definition) is 0. The Bertz CT molecular complexity index is 552. The zero-order valence-corrected chi connectivity index (χ0v) is 9.34. The second-order valence-electron chi connectivity index (χ2n) is 3.39. The van der Waals surface area contributed by atoms with E-state index in [0.29, 0.717) is 0 Å². The number of rotatable bonds is 2. The molecular weight excluding hydrogens is 253 g/mol. The molecule has 0 bridgehead atoms. The summed E-state index contributed by atoms with van der Waals surface area (Å²) in [6.07, 6.45) is 0. The molecule has 7 heteroatoms. The topological polar surface area (TPSA) is 60.4 Å². The van der Waals surface area contributed by atoms with Crippen LogP contribution in [0.4, 0.5) is 13.2 Å². The summed E-state index contributed by atoms with van der Waals surface area (Å²) < 4.78 is 43.2. The molecule has 0 aliphatic heterocycles. The monoisotopic (exact) mass is 260 g/mol. The molecule has 96 valence electrons. The van der Waals surface area contributed by atoms with Crippen LogP contribution in [0.2, 0.25) is 0 Å². The van der Waals surface area contributed by atoms with Gasteiger partial charge in [0.1, 0.15) is 11.4 Å². The molecular formula is C11H7F3O4. The van der Waals surface area contributed by atoms with E-state index < -0.39 is 46.3 Å². The van der Waals surface area contributed by atoms with Crippen molar-refractivity contribution in [3.8, 4) is 0 Å². The molecule has 18 heavy (non-hydrogen) atoms. The van der Waals surface area contributed by atoms with E-state index in [9.17, 15) is 27.6 Å². The molecule has 0 aliphatic rings. The van der Waals surface area contributed by atoms with Crippen LogP contribution in [0.3, 0.4) is 0 Å². The summed E-state index contributed by atoms with van der Waals surface area (Å²) >= 11 is 0. The van der Waals surface area contributed by atoms with Crippen molar-refractivity contribution in [3.63, 3.8) is 0 Å². The normalized spacial score (nSPS) is 10.1. The lowest BCUT2D eigenvalue weighted by Crippen LogP contribution is -2.21. The summed E-state index contributed by atoms with van der Waals surface area (Å²) in [7, 11) is 0. The lowest BCUT2D eigenvalue weighted by molar-refractivity contribution is -0.148. The van der Waals surface area contributed by atoms with Gasteiger partial charge in [-0.15, -0.1) is 0 Å². The van der Waals surface area contributed by atoms with Crippen molar-refractivity contribution in [2.45, 2.75) is 13.8 Å². The molecule has 4 nitrogen and oxygen atoms in total. The molecule has 0 aliphatic carbocycles. The number of halogens is 3. The lowest BCUT2D eigenvalue weighted by atomic mass is 10.1. The average Bonchev–Trinajstić information content (AvgIpc) is 2.25. The molecule has 0 N–H and O–H groups in total. The summed E-state index contributed by atoms with van der Waals surface area (Å²) in [6.45, 7) is 1.78. The Labute approximate surface area is 99.4 Å². The number of carbonyl (C=O) groups excluding carboxylic acids is 3. The van der Waals surface area contributed by atoms with Gasteiger partial charge in [0, 0.05) is 18.6 Å². The molecule has 1 rings (SSSR count). The zero-order valence-electron chi connectivity index (χ0n) is 9.34. The third-order valence-corrected chi connectivity index (χ3v) is 2.08. The largest absolute Gasteiger partial charge is 0.383 e. The summed E-state index contributed by atoms with van der Waals surface area (Å²) in [5, 5.41) is 0. The van der Waals surface area contributed by atoms with E-state index in [0.717, 1.165) is 13.8 Å². The second-order valence-corrected chi connectivity index (χ2v) is 3.39. The van der Waals surface area contributed by atoms with Crippen LogP contribution in [0.25, 0.3) is 0 Å². The van der Waals surface area contributed by atoms with Gasteiger partial charge in [-0.25, -0.2) is 22.8 Å². The third kappa shape index (κ3) is 2.55. The van der Waals surface area contributed by atoms with Crippen molar-refractivity contribution in [3.05, 3.63) is 34.6 Å². The molecule has 0 heterocycles. The van der Waals surface area contributed by atoms with Crippen LogP contribution >= 0.6 is 0 Å². The maximum atomic E-state index is 13.3. The van der Waals surface area contributed by atoms with E-state index in [-0.39, 0.29) is 6.07 Å². The van der Waals surface area contributed by atoms with Gasteiger partial charge in [0.05, 0.1) is 0 Å².